The van der Waals surface area contributed by atoms with E-state index in [2.05, 4.69) is 13.8 Å². The number of alkyl halides is 2. The fraction of sp³-hybridized carbons (Fsp3) is 0.929. The molecule has 2 nitrogen and oxygen atoms in total. The van der Waals surface area contributed by atoms with Gasteiger partial charge in [0, 0.05) is 13.1 Å². The molecule has 2 fully saturated rings. The van der Waals surface area contributed by atoms with E-state index < -0.39 is 9.75 Å². The molecule has 4 heteroatoms. The Kier molecular flexibility index (Phi) is 3.91. The molecule has 0 aromatic carbocycles. The smallest absolute Gasteiger partial charge is 0.231 e. The van der Waals surface area contributed by atoms with E-state index in [4.69, 9.17) is 23.2 Å². The number of halogens is 2. The molecule has 0 aromatic heterocycles. The quantitative estimate of drug-likeness (QED) is 0.708. The van der Waals surface area contributed by atoms with Crippen LogP contribution in [-0.2, 0) is 4.79 Å². The average molecular weight is 292 g/mol. The van der Waals surface area contributed by atoms with Gasteiger partial charge < -0.3 is 4.90 Å². The predicted molar refractivity (Wildman–Crippen MR) is 75.9 cm³/mol. The molecule has 0 bridgehead atoms. The highest BCUT2D eigenvalue weighted by atomic mass is 35.5. The number of amides is 1. The van der Waals surface area contributed by atoms with Gasteiger partial charge in [-0.2, -0.15) is 0 Å². The van der Waals surface area contributed by atoms with Crippen molar-refractivity contribution in [3.8, 4) is 0 Å². The summed E-state index contributed by atoms with van der Waals surface area (Å²) in [5.41, 5.74) is -0.548. The lowest BCUT2D eigenvalue weighted by Gasteiger charge is -2.25. The normalized spacial score (nSPS) is 35.4. The Labute approximate surface area is 120 Å². The molecule has 104 valence electrons. The van der Waals surface area contributed by atoms with E-state index in [1.165, 1.54) is 6.42 Å². The second-order valence-corrected chi connectivity index (χ2v) is 7.92. The summed E-state index contributed by atoms with van der Waals surface area (Å²) in [6, 6.07) is 0. The van der Waals surface area contributed by atoms with Crippen molar-refractivity contribution >= 4 is 29.1 Å². The van der Waals surface area contributed by atoms with Crippen LogP contribution in [0.2, 0.25) is 0 Å². The van der Waals surface area contributed by atoms with Gasteiger partial charge in [-0.1, -0.05) is 13.8 Å². The Morgan fingerprint density at radius 1 is 1.28 bits per heavy atom. The minimum Gasteiger partial charge on any atom is -0.342 e. The molecule has 2 atom stereocenters. The Morgan fingerprint density at radius 3 is 2.39 bits per heavy atom. The summed E-state index contributed by atoms with van der Waals surface area (Å²) < 4.78 is -0.839. The summed E-state index contributed by atoms with van der Waals surface area (Å²) in [5.74, 6) is 1.60. The summed E-state index contributed by atoms with van der Waals surface area (Å²) in [5, 5.41) is 0. The van der Waals surface area contributed by atoms with Crippen molar-refractivity contribution in [2.75, 3.05) is 13.1 Å². The minimum atomic E-state index is -0.839. The molecule has 0 aromatic rings. The van der Waals surface area contributed by atoms with Crippen molar-refractivity contribution in [1.82, 2.24) is 4.90 Å². The van der Waals surface area contributed by atoms with E-state index in [0.29, 0.717) is 12.3 Å². The lowest BCUT2D eigenvalue weighted by molar-refractivity contribution is -0.136. The third-order valence-electron chi connectivity index (χ3n) is 4.73. The molecular weight excluding hydrogens is 269 g/mol. The molecule has 1 saturated heterocycles. The maximum atomic E-state index is 12.5. The molecule has 18 heavy (non-hydrogen) atoms. The number of likely N-dealkylation sites (tertiary alicyclic amines) is 1. The van der Waals surface area contributed by atoms with E-state index in [9.17, 15) is 4.79 Å². The molecule has 2 rings (SSSR count). The van der Waals surface area contributed by atoms with Crippen LogP contribution in [0.4, 0.5) is 0 Å². The molecule has 0 N–H and O–H groups in total. The molecule has 1 saturated carbocycles. The number of carbonyl (C=O) groups is 1. The van der Waals surface area contributed by atoms with Crippen molar-refractivity contribution in [1.29, 1.82) is 0 Å². The van der Waals surface area contributed by atoms with Gasteiger partial charge in [0.05, 0.1) is 5.41 Å². The van der Waals surface area contributed by atoms with E-state index in [-0.39, 0.29) is 5.91 Å². The highest BCUT2D eigenvalue weighted by Crippen LogP contribution is 2.64. The summed E-state index contributed by atoms with van der Waals surface area (Å²) in [7, 11) is 0. The van der Waals surface area contributed by atoms with Crippen molar-refractivity contribution in [2.24, 2.45) is 17.3 Å². The Bertz CT molecular complexity index is 343. The predicted octanol–water partition coefficient (Wildman–Crippen LogP) is 3.86. The van der Waals surface area contributed by atoms with Crippen LogP contribution in [0.5, 0.6) is 0 Å². The summed E-state index contributed by atoms with van der Waals surface area (Å²) in [6.45, 7) is 8.16. The zero-order chi connectivity index (χ0) is 13.6. The molecule has 1 aliphatic carbocycles. The molecule has 0 spiro atoms. The number of carbonyl (C=O) groups excluding carboxylic acids is 1. The lowest BCUT2D eigenvalue weighted by atomic mass is 9.89. The molecular formula is C14H23Cl2NO. The van der Waals surface area contributed by atoms with Crippen molar-refractivity contribution in [3.05, 3.63) is 0 Å². The molecule has 2 aliphatic rings. The van der Waals surface area contributed by atoms with Gasteiger partial charge in [-0.3, -0.25) is 4.79 Å². The maximum absolute atomic E-state index is 12.5. The molecule has 1 aliphatic heterocycles. The zero-order valence-corrected chi connectivity index (χ0v) is 13.0. The molecule has 2 unspecified atom stereocenters. The zero-order valence-electron chi connectivity index (χ0n) is 11.5. The summed E-state index contributed by atoms with van der Waals surface area (Å²) in [4.78, 5) is 14.5. The minimum absolute atomic E-state index is 0.150. The van der Waals surface area contributed by atoms with E-state index >= 15 is 0 Å². The number of hydrogen-bond acceptors (Lipinski definition) is 1. The third-order valence-corrected chi connectivity index (χ3v) is 5.83. The fourth-order valence-corrected chi connectivity index (χ4v) is 3.67. The average Bonchev–Trinajstić information content (AvgIpc) is 2.89. The van der Waals surface area contributed by atoms with Crippen LogP contribution in [0.25, 0.3) is 0 Å². The van der Waals surface area contributed by atoms with Crippen LogP contribution in [-0.4, -0.2) is 28.2 Å². The van der Waals surface area contributed by atoms with Crippen molar-refractivity contribution in [3.63, 3.8) is 0 Å². The van der Waals surface area contributed by atoms with Gasteiger partial charge in [-0.15, -0.1) is 23.2 Å². The Hall–Kier alpha value is 0.0500. The van der Waals surface area contributed by atoms with E-state index in [1.54, 1.807) is 0 Å². The second kappa shape index (κ2) is 4.86. The molecule has 1 heterocycles. The van der Waals surface area contributed by atoms with E-state index in [0.717, 1.165) is 31.8 Å². The number of nitrogens with zero attached hydrogens (tertiary/aromatic N) is 1. The first-order valence-corrected chi connectivity index (χ1v) is 7.71. The van der Waals surface area contributed by atoms with Crippen LogP contribution >= 0.6 is 23.2 Å². The van der Waals surface area contributed by atoms with Crippen LogP contribution < -0.4 is 0 Å². The van der Waals surface area contributed by atoms with Gasteiger partial charge in [0.1, 0.15) is 4.33 Å². The van der Waals surface area contributed by atoms with Gasteiger partial charge >= 0.3 is 0 Å². The second-order valence-electron chi connectivity index (χ2n) is 6.44. The standard InChI is InChI=1S/C14H23Cl2NO/c1-10(2)11-5-4-7-17(8-6-11)12(18)13(3)9-14(13,15)16/h10-11H,4-9H2,1-3H3. The first-order chi connectivity index (χ1) is 8.28. The highest BCUT2D eigenvalue weighted by molar-refractivity contribution is 6.53. The highest BCUT2D eigenvalue weighted by Gasteiger charge is 2.68. The first-order valence-electron chi connectivity index (χ1n) is 6.95. The van der Waals surface area contributed by atoms with Gasteiger partial charge in [0.25, 0.3) is 0 Å². The number of rotatable bonds is 2. The maximum Gasteiger partial charge on any atom is 0.231 e. The Balaban J connectivity index is 1.97. The number of hydrogen-bond donors (Lipinski definition) is 0. The SMILES string of the molecule is CC(C)C1CCCN(C(=O)C2(C)CC2(Cl)Cl)CC1. The van der Waals surface area contributed by atoms with Gasteiger partial charge in [0.15, 0.2) is 0 Å². The van der Waals surface area contributed by atoms with Crippen LogP contribution in [0.3, 0.4) is 0 Å². The summed E-state index contributed by atoms with van der Waals surface area (Å²) in [6.07, 6.45) is 4.02. The van der Waals surface area contributed by atoms with Gasteiger partial charge in [-0.05, 0) is 44.4 Å². The van der Waals surface area contributed by atoms with E-state index in [1.807, 2.05) is 11.8 Å². The molecule has 1 amide bonds. The van der Waals surface area contributed by atoms with Gasteiger partial charge in [-0.25, -0.2) is 0 Å². The monoisotopic (exact) mass is 291 g/mol. The van der Waals surface area contributed by atoms with Gasteiger partial charge in [0.2, 0.25) is 5.91 Å². The molecule has 0 radical (unpaired) electrons. The first kappa shape index (κ1) is 14.5. The van der Waals surface area contributed by atoms with Crippen LogP contribution in [0, 0.1) is 17.3 Å². The summed E-state index contributed by atoms with van der Waals surface area (Å²) >= 11 is 12.2. The van der Waals surface area contributed by atoms with Crippen LogP contribution in [0.15, 0.2) is 0 Å². The lowest BCUT2D eigenvalue weighted by Crippen LogP contribution is -2.39. The topological polar surface area (TPSA) is 20.3 Å². The van der Waals surface area contributed by atoms with Crippen LogP contribution in [0.1, 0.15) is 46.5 Å². The largest absolute Gasteiger partial charge is 0.342 e. The Morgan fingerprint density at radius 2 is 1.89 bits per heavy atom. The third kappa shape index (κ3) is 2.51. The van der Waals surface area contributed by atoms with Crippen molar-refractivity contribution in [2.45, 2.75) is 50.8 Å². The van der Waals surface area contributed by atoms with Crippen molar-refractivity contribution < 1.29 is 4.79 Å². The fourth-order valence-electron chi connectivity index (χ4n) is 2.97.